The van der Waals surface area contributed by atoms with E-state index in [0.29, 0.717) is 10.8 Å². The largest absolute Gasteiger partial charge is 0.289 e. The van der Waals surface area contributed by atoms with Gasteiger partial charge in [0.2, 0.25) is 0 Å². The Bertz CT molecular complexity index is 236. The van der Waals surface area contributed by atoms with E-state index in [9.17, 15) is 0 Å². The summed E-state index contributed by atoms with van der Waals surface area (Å²) in [4.78, 5) is 5.48. The molecule has 0 aromatic rings. The van der Waals surface area contributed by atoms with Gasteiger partial charge in [0.05, 0.1) is 6.67 Å². The first-order valence-electron chi connectivity index (χ1n) is 7.14. The van der Waals surface area contributed by atoms with Crippen LogP contribution in [0.3, 0.4) is 0 Å². The second kappa shape index (κ2) is 3.71. The number of rotatable bonds is 4. The molecule has 16 heavy (non-hydrogen) atoms. The zero-order valence-corrected chi connectivity index (χ0v) is 11.0. The minimum absolute atomic E-state index is 0.665. The van der Waals surface area contributed by atoms with E-state index in [1.165, 1.54) is 65.0 Å². The molecule has 0 amide bonds. The Hall–Kier alpha value is -0.0800. The summed E-state index contributed by atoms with van der Waals surface area (Å²) >= 11 is 0. The van der Waals surface area contributed by atoms with Gasteiger partial charge in [-0.05, 0) is 30.1 Å². The van der Waals surface area contributed by atoms with Gasteiger partial charge in [-0.25, -0.2) is 0 Å². The fourth-order valence-electron chi connectivity index (χ4n) is 5.16. The highest BCUT2D eigenvalue weighted by molar-refractivity contribution is 5.07. The summed E-state index contributed by atoms with van der Waals surface area (Å²) in [5.74, 6) is 0. The minimum Gasteiger partial charge on any atom is -0.289 e. The molecule has 4 bridgehead atoms. The van der Waals surface area contributed by atoms with Crippen LogP contribution in [0.2, 0.25) is 0 Å². The fraction of sp³-hybridized carbons (Fsp3) is 1.00. The maximum Gasteiger partial charge on any atom is 0.0507 e. The molecule has 92 valence electrons. The van der Waals surface area contributed by atoms with Crippen LogP contribution in [0.1, 0.15) is 46.0 Å². The van der Waals surface area contributed by atoms with E-state index < -0.39 is 0 Å². The van der Waals surface area contributed by atoms with Crippen molar-refractivity contribution in [2.45, 2.75) is 46.0 Å². The Kier molecular flexibility index (Phi) is 2.56. The molecular formula is C14H26N2. The normalized spacial score (nSPS) is 49.9. The first-order chi connectivity index (χ1) is 7.69. The van der Waals surface area contributed by atoms with Crippen LogP contribution in [0.25, 0.3) is 0 Å². The van der Waals surface area contributed by atoms with E-state index >= 15 is 0 Å². The Balaban J connectivity index is 1.85. The van der Waals surface area contributed by atoms with Crippen molar-refractivity contribution >= 4 is 0 Å². The van der Waals surface area contributed by atoms with Crippen molar-refractivity contribution < 1.29 is 0 Å². The molecule has 0 unspecified atom stereocenters. The Morgan fingerprint density at radius 3 is 1.62 bits per heavy atom. The molecule has 0 N–H and O–H groups in total. The summed E-state index contributed by atoms with van der Waals surface area (Å²) in [6.07, 6.45) is 7.15. The second-order valence-electron chi connectivity index (χ2n) is 6.79. The maximum absolute atomic E-state index is 2.74. The van der Waals surface area contributed by atoms with Crippen LogP contribution in [0.15, 0.2) is 0 Å². The number of hydrogen-bond acceptors (Lipinski definition) is 2. The Morgan fingerprint density at radius 2 is 1.25 bits per heavy atom. The standard InChI is InChI=1S/C14H26N2/c1-3-5-13-7-14(6-4-2)10-15(8-13)12-16(9-13)11-14/h3-12H2,1-2H3. The third kappa shape index (κ3) is 1.62. The second-order valence-corrected chi connectivity index (χ2v) is 6.79. The molecule has 4 heterocycles. The molecule has 0 aromatic carbocycles. The van der Waals surface area contributed by atoms with Gasteiger partial charge in [-0.2, -0.15) is 0 Å². The molecule has 2 heteroatoms. The lowest BCUT2D eigenvalue weighted by molar-refractivity contribution is -0.170. The zero-order valence-electron chi connectivity index (χ0n) is 11.0. The first kappa shape index (κ1) is 11.0. The van der Waals surface area contributed by atoms with Gasteiger partial charge in [-0.15, -0.1) is 0 Å². The van der Waals surface area contributed by atoms with Gasteiger partial charge < -0.3 is 0 Å². The molecule has 0 radical (unpaired) electrons. The van der Waals surface area contributed by atoms with Crippen molar-refractivity contribution in [2.24, 2.45) is 10.8 Å². The van der Waals surface area contributed by atoms with Crippen LogP contribution in [0, 0.1) is 10.8 Å². The van der Waals surface area contributed by atoms with E-state index in [-0.39, 0.29) is 0 Å². The molecule has 4 fully saturated rings. The van der Waals surface area contributed by atoms with Gasteiger partial charge in [0.15, 0.2) is 0 Å². The third-order valence-corrected chi connectivity index (χ3v) is 4.95. The van der Waals surface area contributed by atoms with E-state index in [2.05, 4.69) is 23.6 Å². The third-order valence-electron chi connectivity index (χ3n) is 4.95. The summed E-state index contributed by atoms with van der Waals surface area (Å²) in [6.45, 7) is 11.5. The smallest absolute Gasteiger partial charge is 0.0507 e. The molecule has 0 atom stereocenters. The van der Waals surface area contributed by atoms with Crippen molar-refractivity contribution in [1.82, 2.24) is 9.80 Å². The number of nitrogens with zero attached hydrogens (tertiary/aromatic N) is 2. The summed E-state index contributed by atoms with van der Waals surface area (Å²) in [7, 11) is 0. The molecule has 0 aliphatic carbocycles. The minimum atomic E-state index is 0.665. The average molecular weight is 222 g/mol. The van der Waals surface area contributed by atoms with Crippen molar-refractivity contribution in [3.05, 3.63) is 0 Å². The van der Waals surface area contributed by atoms with E-state index in [1.54, 1.807) is 0 Å². The average Bonchev–Trinajstić information content (AvgIpc) is 2.14. The van der Waals surface area contributed by atoms with Gasteiger partial charge in [-0.3, -0.25) is 9.80 Å². The van der Waals surface area contributed by atoms with E-state index in [0.717, 1.165) is 0 Å². The first-order valence-corrected chi connectivity index (χ1v) is 7.14. The van der Waals surface area contributed by atoms with Crippen LogP contribution in [-0.2, 0) is 0 Å². The monoisotopic (exact) mass is 222 g/mol. The van der Waals surface area contributed by atoms with Gasteiger partial charge in [0.1, 0.15) is 0 Å². The quantitative estimate of drug-likeness (QED) is 0.721. The lowest BCUT2D eigenvalue weighted by Gasteiger charge is -2.65. The molecule has 4 aliphatic rings. The maximum atomic E-state index is 2.74. The molecular weight excluding hydrogens is 196 g/mol. The lowest BCUT2D eigenvalue weighted by Crippen LogP contribution is -2.71. The zero-order chi connectivity index (χ0) is 11.2. The van der Waals surface area contributed by atoms with Crippen molar-refractivity contribution in [2.75, 3.05) is 32.8 Å². The van der Waals surface area contributed by atoms with Crippen molar-refractivity contribution in [3.8, 4) is 0 Å². The van der Waals surface area contributed by atoms with Crippen LogP contribution >= 0.6 is 0 Å². The van der Waals surface area contributed by atoms with Crippen molar-refractivity contribution in [1.29, 1.82) is 0 Å². The molecule has 0 saturated carbocycles. The van der Waals surface area contributed by atoms with Crippen LogP contribution < -0.4 is 0 Å². The summed E-state index contributed by atoms with van der Waals surface area (Å²) < 4.78 is 0. The molecule has 4 saturated heterocycles. The topological polar surface area (TPSA) is 6.48 Å². The highest BCUT2D eigenvalue weighted by Gasteiger charge is 2.55. The van der Waals surface area contributed by atoms with E-state index in [4.69, 9.17) is 0 Å². The van der Waals surface area contributed by atoms with Gasteiger partial charge in [-0.1, -0.05) is 26.7 Å². The lowest BCUT2D eigenvalue weighted by atomic mass is 9.59. The highest BCUT2D eigenvalue weighted by atomic mass is 15.4. The molecule has 0 spiro atoms. The Morgan fingerprint density at radius 1 is 0.812 bits per heavy atom. The SMILES string of the molecule is CCCC12CN3CN(C1)CC(CCC)(C3)C2. The van der Waals surface area contributed by atoms with Crippen LogP contribution in [0.4, 0.5) is 0 Å². The predicted octanol–water partition coefficient (Wildman–Crippen LogP) is 2.55. The molecule has 2 nitrogen and oxygen atoms in total. The van der Waals surface area contributed by atoms with Gasteiger partial charge in [0.25, 0.3) is 0 Å². The summed E-state index contributed by atoms with van der Waals surface area (Å²) in [5.41, 5.74) is 1.33. The fourth-order valence-corrected chi connectivity index (χ4v) is 5.16. The van der Waals surface area contributed by atoms with Crippen LogP contribution in [0.5, 0.6) is 0 Å². The molecule has 0 aromatic heterocycles. The number of piperidine rings is 2. The van der Waals surface area contributed by atoms with Gasteiger partial charge in [0, 0.05) is 26.2 Å². The van der Waals surface area contributed by atoms with Gasteiger partial charge >= 0.3 is 0 Å². The predicted molar refractivity (Wildman–Crippen MR) is 67.3 cm³/mol. The molecule has 4 aliphatic heterocycles. The number of hydrogen-bond donors (Lipinski definition) is 0. The highest BCUT2D eigenvalue weighted by Crippen LogP contribution is 2.52. The van der Waals surface area contributed by atoms with E-state index in [1.807, 2.05) is 0 Å². The van der Waals surface area contributed by atoms with Crippen LogP contribution in [-0.4, -0.2) is 42.6 Å². The molecule has 4 rings (SSSR count). The summed E-state index contributed by atoms with van der Waals surface area (Å²) in [6, 6.07) is 0. The Labute approximate surface area is 100.0 Å². The summed E-state index contributed by atoms with van der Waals surface area (Å²) in [5, 5.41) is 0. The van der Waals surface area contributed by atoms with Crippen molar-refractivity contribution in [3.63, 3.8) is 0 Å².